The summed E-state index contributed by atoms with van der Waals surface area (Å²) in [5.74, 6) is 0.417. The molecule has 1 amide bonds. The van der Waals surface area contributed by atoms with Crippen LogP contribution in [0.15, 0.2) is 18.2 Å². The number of carbonyl (C=O) groups is 1. The van der Waals surface area contributed by atoms with E-state index in [1.165, 1.54) is 6.92 Å². The molecule has 0 fully saturated rings. The number of hydrogen-bond donors (Lipinski definition) is 2. The van der Waals surface area contributed by atoms with Crippen LogP contribution in [0.5, 0.6) is 5.75 Å². The average Bonchev–Trinajstić information content (AvgIpc) is 2.30. The summed E-state index contributed by atoms with van der Waals surface area (Å²) in [4.78, 5) is 11.2. The molecular formula is C13H20N2O4S. The summed E-state index contributed by atoms with van der Waals surface area (Å²) in [6, 6.07) is 5.40. The summed E-state index contributed by atoms with van der Waals surface area (Å²) in [7, 11) is -3.18. The van der Waals surface area contributed by atoms with Gasteiger partial charge in [-0.1, -0.05) is 6.07 Å². The molecule has 7 heteroatoms. The number of rotatable bonds is 7. The molecule has 0 saturated heterocycles. The largest absolute Gasteiger partial charge is 0.492 e. The molecule has 1 aromatic carbocycles. The van der Waals surface area contributed by atoms with Crippen molar-refractivity contribution in [3.05, 3.63) is 23.8 Å². The maximum atomic E-state index is 11.2. The topological polar surface area (TPSA) is 84.5 Å². The molecule has 0 aromatic heterocycles. The first-order valence-electron chi connectivity index (χ1n) is 6.29. The molecule has 0 saturated carbocycles. The van der Waals surface area contributed by atoms with E-state index in [-0.39, 0.29) is 5.91 Å². The number of carbonyl (C=O) groups excluding carboxylic acids is 1. The summed E-state index contributed by atoms with van der Waals surface area (Å²) in [6.07, 6.45) is 1.65. The normalized spacial score (nSPS) is 11.2. The summed E-state index contributed by atoms with van der Waals surface area (Å²) in [5.41, 5.74) is 1.50. The van der Waals surface area contributed by atoms with E-state index in [1.54, 1.807) is 12.1 Å². The fraction of sp³-hybridized carbons (Fsp3) is 0.462. The molecule has 0 unspecified atom stereocenters. The molecule has 1 aromatic rings. The van der Waals surface area contributed by atoms with E-state index in [1.807, 2.05) is 13.0 Å². The van der Waals surface area contributed by atoms with Gasteiger partial charge in [-0.25, -0.2) is 13.1 Å². The fourth-order valence-electron chi connectivity index (χ4n) is 1.68. The van der Waals surface area contributed by atoms with Crippen molar-refractivity contribution < 1.29 is 17.9 Å². The third-order valence-electron chi connectivity index (χ3n) is 2.43. The SMILES string of the molecule is CCOc1ccc(CCNS(C)(=O)=O)cc1NC(C)=O. The van der Waals surface area contributed by atoms with Crippen LogP contribution in [0.25, 0.3) is 0 Å². The first-order chi connectivity index (χ1) is 9.31. The molecule has 0 aliphatic heterocycles. The molecule has 6 nitrogen and oxygen atoms in total. The summed E-state index contributed by atoms with van der Waals surface area (Å²) in [6.45, 7) is 4.10. The summed E-state index contributed by atoms with van der Waals surface area (Å²) >= 11 is 0. The van der Waals surface area contributed by atoms with Gasteiger partial charge < -0.3 is 10.1 Å². The van der Waals surface area contributed by atoms with Gasteiger partial charge in [0.25, 0.3) is 0 Å². The van der Waals surface area contributed by atoms with E-state index in [0.717, 1.165) is 11.8 Å². The van der Waals surface area contributed by atoms with E-state index < -0.39 is 10.0 Å². The van der Waals surface area contributed by atoms with Crippen LogP contribution in [-0.2, 0) is 21.2 Å². The van der Waals surface area contributed by atoms with Gasteiger partial charge in [0.05, 0.1) is 18.6 Å². The van der Waals surface area contributed by atoms with Gasteiger partial charge in [0.1, 0.15) is 5.75 Å². The van der Waals surface area contributed by atoms with Gasteiger partial charge in [-0.05, 0) is 31.0 Å². The van der Waals surface area contributed by atoms with Crippen LogP contribution in [0.2, 0.25) is 0 Å². The Balaban J connectivity index is 2.80. The monoisotopic (exact) mass is 300 g/mol. The minimum Gasteiger partial charge on any atom is -0.492 e. The van der Waals surface area contributed by atoms with E-state index in [9.17, 15) is 13.2 Å². The van der Waals surface area contributed by atoms with Gasteiger partial charge in [-0.15, -0.1) is 0 Å². The number of hydrogen-bond acceptors (Lipinski definition) is 4. The molecule has 20 heavy (non-hydrogen) atoms. The average molecular weight is 300 g/mol. The van der Waals surface area contributed by atoms with Crippen molar-refractivity contribution in [3.8, 4) is 5.75 Å². The Kier molecular flexibility index (Phi) is 5.97. The Hall–Kier alpha value is -1.60. The number of benzene rings is 1. The second-order valence-electron chi connectivity index (χ2n) is 4.36. The molecule has 0 bridgehead atoms. The third-order valence-corrected chi connectivity index (χ3v) is 3.16. The quantitative estimate of drug-likeness (QED) is 0.790. The first-order valence-corrected chi connectivity index (χ1v) is 8.19. The number of sulfonamides is 1. The predicted octanol–water partition coefficient (Wildman–Crippen LogP) is 1.14. The van der Waals surface area contributed by atoms with Crippen LogP contribution in [0.1, 0.15) is 19.4 Å². The van der Waals surface area contributed by atoms with Gasteiger partial charge in [0.2, 0.25) is 15.9 Å². The smallest absolute Gasteiger partial charge is 0.221 e. The minimum absolute atomic E-state index is 0.183. The fourth-order valence-corrected chi connectivity index (χ4v) is 2.15. The molecule has 1 rings (SSSR count). The van der Waals surface area contributed by atoms with Crippen molar-refractivity contribution >= 4 is 21.6 Å². The number of ether oxygens (including phenoxy) is 1. The standard InChI is InChI=1S/C13H20N2O4S/c1-4-19-13-6-5-11(7-8-14-20(3,17)18)9-12(13)15-10(2)16/h5-6,9,14H,4,7-8H2,1-3H3,(H,15,16). The van der Waals surface area contributed by atoms with Crippen molar-refractivity contribution in [3.63, 3.8) is 0 Å². The molecule has 0 atom stereocenters. The maximum Gasteiger partial charge on any atom is 0.221 e. The van der Waals surface area contributed by atoms with Crippen LogP contribution in [0.3, 0.4) is 0 Å². The predicted molar refractivity (Wildman–Crippen MR) is 78.5 cm³/mol. The molecule has 112 valence electrons. The maximum absolute atomic E-state index is 11.2. The highest BCUT2D eigenvalue weighted by Gasteiger charge is 2.07. The molecule has 0 radical (unpaired) electrons. The van der Waals surface area contributed by atoms with E-state index in [0.29, 0.717) is 31.0 Å². The van der Waals surface area contributed by atoms with Gasteiger partial charge in [-0.2, -0.15) is 0 Å². The molecule has 0 aliphatic carbocycles. The van der Waals surface area contributed by atoms with Crippen molar-refractivity contribution in [1.82, 2.24) is 4.72 Å². The van der Waals surface area contributed by atoms with Crippen molar-refractivity contribution in [2.24, 2.45) is 0 Å². The highest BCUT2D eigenvalue weighted by atomic mass is 32.2. The van der Waals surface area contributed by atoms with Gasteiger partial charge >= 0.3 is 0 Å². The lowest BCUT2D eigenvalue weighted by atomic mass is 10.1. The number of nitrogens with one attached hydrogen (secondary N) is 2. The summed E-state index contributed by atoms with van der Waals surface area (Å²) < 4.78 is 29.8. The van der Waals surface area contributed by atoms with Crippen molar-refractivity contribution in [2.75, 3.05) is 24.7 Å². The molecule has 2 N–H and O–H groups in total. The van der Waals surface area contributed by atoms with E-state index in [2.05, 4.69) is 10.0 Å². The number of anilines is 1. The van der Waals surface area contributed by atoms with Crippen LogP contribution in [0.4, 0.5) is 5.69 Å². The molecule has 0 spiro atoms. The Morgan fingerprint density at radius 1 is 1.35 bits per heavy atom. The van der Waals surface area contributed by atoms with Gasteiger partial charge in [0.15, 0.2) is 0 Å². The highest BCUT2D eigenvalue weighted by Crippen LogP contribution is 2.26. The van der Waals surface area contributed by atoms with E-state index >= 15 is 0 Å². The third kappa shape index (κ3) is 6.03. The first kappa shape index (κ1) is 16.5. The molecular weight excluding hydrogens is 280 g/mol. The zero-order valence-electron chi connectivity index (χ0n) is 11.9. The second-order valence-corrected chi connectivity index (χ2v) is 6.19. The second kappa shape index (κ2) is 7.25. The zero-order valence-corrected chi connectivity index (χ0v) is 12.7. The Labute approximate surface area is 119 Å². The van der Waals surface area contributed by atoms with Crippen LogP contribution in [-0.4, -0.2) is 33.7 Å². The molecule has 0 heterocycles. The van der Waals surface area contributed by atoms with Gasteiger partial charge in [-0.3, -0.25) is 4.79 Å². The van der Waals surface area contributed by atoms with E-state index in [4.69, 9.17) is 4.74 Å². The summed E-state index contributed by atoms with van der Waals surface area (Å²) in [5, 5.41) is 2.70. The van der Waals surface area contributed by atoms with Crippen LogP contribution >= 0.6 is 0 Å². The Morgan fingerprint density at radius 2 is 2.05 bits per heavy atom. The molecule has 0 aliphatic rings. The highest BCUT2D eigenvalue weighted by molar-refractivity contribution is 7.88. The number of amides is 1. The van der Waals surface area contributed by atoms with Crippen molar-refractivity contribution in [1.29, 1.82) is 0 Å². The van der Waals surface area contributed by atoms with Crippen LogP contribution < -0.4 is 14.8 Å². The zero-order chi connectivity index (χ0) is 15.2. The van der Waals surface area contributed by atoms with Gasteiger partial charge in [0, 0.05) is 13.5 Å². The Morgan fingerprint density at radius 3 is 2.60 bits per heavy atom. The minimum atomic E-state index is -3.18. The lowest BCUT2D eigenvalue weighted by Crippen LogP contribution is -2.24. The Bertz CT molecular complexity index is 570. The van der Waals surface area contributed by atoms with Crippen LogP contribution in [0, 0.1) is 0 Å². The lowest BCUT2D eigenvalue weighted by molar-refractivity contribution is -0.114. The van der Waals surface area contributed by atoms with Crippen molar-refractivity contribution in [2.45, 2.75) is 20.3 Å². The lowest BCUT2D eigenvalue weighted by Gasteiger charge is -2.12.